The van der Waals surface area contributed by atoms with Crippen molar-refractivity contribution in [2.45, 2.75) is 13.8 Å². The second kappa shape index (κ2) is 5.05. The molecule has 90 valence electrons. The first-order valence-electron chi connectivity index (χ1n) is 5.29. The fraction of sp³-hybridized carbons (Fsp3) is 0.500. The van der Waals surface area contributed by atoms with Gasteiger partial charge in [-0.3, -0.25) is 0 Å². The second-order valence-corrected chi connectivity index (χ2v) is 4.32. The molecular formula is C12H19FN2O. The summed E-state index contributed by atoms with van der Waals surface area (Å²) in [7, 11) is 3.38. The van der Waals surface area contributed by atoms with Gasteiger partial charge in [0.05, 0.1) is 18.5 Å². The first kappa shape index (κ1) is 12.6. The minimum atomic E-state index is -0.318. The molecule has 0 atom stereocenters. The monoisotopic (exact) mass is 226 g/mol. The third-order valence-electron chi connectivity index (χ3n) is 2.35. The second-order valence-electron chi connectivity index (χ2n) is 4.32. The van der Waals surface area contributed by atoms with Crippen molar-refractivity contribution in [2.75, 3.05) is 31.3 Å². The number of anilines is 2. The number of hydrogen-bond donors (Lipinski definition) is 1. The molecule has 0 aliphatic rings. The largest absolute Gasteiger partial charge is 0.495 e. The fourth-order valence-corrected chi connectivity index (χ4v) is 1.67. The zero-order valence-corrected chi connectivity index (χ0v) is 10.2. The van der Waals surface area contributed by atoms with Crippen molar-refractivity contribution >= 4 is 11.4 Å². The van der Waals surface area contributed by atoms with Crippen LogP contribution in [-0.2, 0) is 0 Å². The summed E-state index contributed by atoms with van der Waals surface area (Å²) >= 11 is 0. The summed E-state index contributed by atoms with van der Waals surface area (Å²) in [5.74, 6) is 0.654. The van der Waals surface area contributed by atoms with E-state index >= 15 is 0 Å². The third-order valence-corrected chi connectivity index (χ3v) is 2.35. The predicted molar refractivity (Wildman–Crippen MR) is 65.5 cm³/mol. The van der Waals surface area contributed by atoms with E-state index in [4.69, 9.17) is 10.5 Å². The minimum Gasteiger partial charge on any atom is -0.495 e. The summed E-state index contributed by atoms with van der Waals surface area (Å²) in [5, 5.41) is 0. The van der Waals surface area contributed by atoms with Gasteiger partial charge in [-0.1, -0.05) is 13.8 Å². The lowest BCUT2D eigenvalue weighted by Crippen LogP contribution is -2.23. The number of nitrogens with two attached hydrogens (primary N) is 1. The molecule has 0 heterocycles. The molecule has 0 spiro atoms. The van der Waals surface area contributed by atoms with Gasteiger partial charge in [-0.25, -0.2) is 4.39 Å². The molecular weight excluding hydrogens is 207 g/mol. The first-order chi connectivity index (χ1) is 7.45. The molecule has 0 aliphatic heterocycles. The van der Waals surface area contributed by atoms with E-state index in [0.717, 1.165) is 6.54 Å². The van der Waals surface area contributed by atoms with Crippen LogP contribution >= 0.6 is 0 Å². The lowest BCUT2D eigenvalue weighted by atomic mass is 10.2. The van der Waals surface area contributed by atoms with Crippen molar-refractivity contribution in [2.24, 2.45) is 5.92 Å². The van der Waals surface area contributed by atoms with Crippen LogP contribution in [0.3, 0.4) is 0 Å². The van der Waals surface area contributed by atoms with Crippen LogP contribution < -0.4 is 15.4 Å². The Hall–Kier alpha value is -1.45. The molecule has 16 heavy (non-hydrogen) atoms. The fourth-order valence-electron chi connectivity index (χ4n) is 1.67. The molecule has 3 nitrogen and oxygen atoms in total. The van der Waals surface area contributed by atoms with E-state index in [-0.39, 0.29) is 5.82 Å². The van der Waals surface area contributed by atoms with Gasteiger partial charge < -0.3 is 15.4 Å². The molecule has 0 saturated heterocycles. The maximum atomic E-state index is 13.7. The highest BCUT2D eigenvalue weighted by Gasteiger charge is 2.12. The van der Waals surface area contributed by atoms with Crippen LogP contribution in [0.2, 0.25) is 0 Å². The van der Waals surface area contributed by atoms with Gasteiger partial charge in [0.25, 0.3) is 0 Å². The van der Waals surface area contributed by atoms with Crippen LogP contribution in [0.5, 0.6) is 5.75 Å². The van der Waals surface area contributed by atoms with E-state index < -0.39 is 0 Å². The Labute approximate surface area is 96.0 Å². The average molecular weight is 226 g/mol. The molecule has 0 amide bonds. The number of hydrogen-bond acceptors (Lipinski definition) is 3. The normalized spacial score (nSPS) is 10.6. The van der Waals surface area contributed by atoms with E-state index in [2.05, 4.69) is 13.8 Å². The van der Waals surface area contributed by atoms with Gasteiger partial charge in [-0.05, 0) is 5.92 Å². The smallest absolute Gasteiger partial charge is 0.148 e. The summed E-state index contributed by atoms with van der Waals surface area (Å²) in [5.41, 5.74) is 6.45. The van der Waals surface area contributed by atoms with E-state index in [9.17, 15) is 4.39 Å². The number of halogens is 1. The highest BCUT2D eigenvalue weighted by molar-refractivity contribution is 5.63. The Morgan fingerprint density at radius 1 is 1.44 bits per heavy atom. The Morgan fingerprint density at radius 2 is 2.06 bits per heavy atom. The van der Waals surface area contributed by atoms with E-state index in [1.165, 1.54) is 13.2 Å². The molecule has 1 rings (SSSR count). The van der Waals surface area contributed by atoms with Crippen molar-refractivity contribution in [3.63, 3.8) is 0 Å². The zero-order chi connectivity index (χ0) is 12.3. The summed E-state index contributed by atoms with van der Waals surface area (Å²) in [6.45, 7) is 4.95. The van der Waals surface area contributed by atoms with Crippen LogP contribution in [0, 0.1) is 11.7 Å². The quantitative estimate of drug-likeness (QED) is 0.802. The molecule has 2 N–H and O–H groups in total. The van der Waals surface area contributed by atoms with Gasteiger partial charge in [-0.15, -0.1) is 0 Å². The van der Waals surface area contributed by atoms with Crippen molar-refractivity contribution in [3.8, 4) is 5.75 Å². The number of benzene rings is 1. The average Bonchev–Trinajstić information content (AvgIpc) is 2.16. The van der Waals surface area contributed by atoms with Crippen LogP contribution in [0.15, 0.2) is 12.1 Å². The van der Waals surface area contributed by atoms with Crippen LogP contribution in [0.25, 0.3) is 0 Å². The van der Waals surface area contributed by atoms with Gasteiger partial charge in [0.2, 0.25) is 0 Å². The lowest BCUT2D eigenvalue weighted by Gasteiger charge is -2.23. The first-order valence-corrected chi connectivity index (χ1v) is 5.29. The molecule has 0 fully saturated rings. The van der Waals surface area contributed by atoms with E-state index in [1.807, 2.05) is 11.9 Å². The molecule has 0 radical (unpaired) electrons. The topological polar surface area (TPSA) is 38.5 Å². The minimum absolute atomic E-state index is 0.318. The van der Waals surface area contributed by atoms with Gasteiger partial charge in [0.1, 0.15) is 11.6 Å². The van der Waals surface area contributed by atoms with E-state index in [0.29, 0.717) is 23.0 Å². The summed E-state index contributed by atoms with van der Waals surface area (Å²) < 4.78 is 18.8. The maximum Gasteiger partial charge on any atom is 0.148 e. The number of rotatable bonds is 4. The number of nitrogens with zero attached hydrogens (tertiary/aromatic N) is 1. The predicted octanol–water partition coefficient (Wildman–Crippen LogP) is 2.51. The Balaban J connectivity index is 3.03. The molecule has 0 aromatic heterocycles. The van der Waals surface area contributed by atoms with Crippen molar-refractivity contribution in [1.29, 1.82) is 0 Å². The summed E-state index contributed by atoms with van der Waals surface area (Å²) in [6.07, 6.45) is 0. The molecule has 0 aliphatic carbocycles. The van der Waals surface area contributed by atoms with Crippen LogP contribution in [0.1, 0.15) is 13.8 Å². The van der Waals surface area contributed by atoms with Crippen molar-refractivity contribution in [3.05, 3.63) is 17.9 Å². The van der Waals surface area contributed by atoms with Crippen molar-refractivity contribution < 1.29 is 9.13 Å². The van der Waals surface area contributed by atoms with Crippen LogP contribution in [-0.4, -0.2) is 20.7 Å². The van der Waals surface area contributed by atoms with Crippen molar-refractivity contribution in [1.82, 2.24) is 0 Å². The SMILES string of the molecule is COc1cc(N(C)CC(C)C)c(F)cc1N. The number of ether oxygens (including phenoxy) is 1. The van der Waals surface area contributed by atoms with Gasteiger partial charge in [0, 0.05) is 25.7 Å². The van der Waals surface area contributed by atoms with Gasteiger partial charge in [-0.2, -0.15) is 0 Å². The highest BCUT2D eigenvalue weighted by Crippen LogP contribution is 2.30. The molecule has 0 unspecified atom stereocenters. The highest BCUT2D eigenvalue weighted by atomic mass is 19.1. The Kier molecular flexibility index (Phi) is 3.99. The Bertz CT molecular complexity index is 366. The third kappa shape index (κ3) is 2.78. The maximum absolute atomic E-state index is 13.7. The summed E-state index contributed by atoms with van der Waals surface area (Å²) in [4.78, 5) is 1.86. The van der Waals surface area contributed by atoms with E-state index in [1.54, 1.807) is 6.07 Å². The number of methoxy groups -OCH3 is 1. The van der Waals surface area contributed by atoms with Gasteiger partial charge in [0.15, 0.2) is 0 Å². The standard InChI is InChI=1S/C12H19FN2O/c1-8(2)7-15(3)11-6-12(16-4)10(14)5-9(11)13/h5-6,8H,7,14H2,1-4H3. The molecule has 4 heteroatoms. The zero-order valence-electron chi connectivity index (χ0n) is 10.2. The summed E-state index contributed by atoms with van der Waals surface area (Å²) in [6, 6.07) is 2.93. The molecule has 0 bridgehead atoms. The Morgan fingerprint density at radius 3 is 2.56 bits per heavy atom. The molecule has 1 aromatic rings. The van der Waals surface area contributed by atoms with Crippen LogP contribution in [0.4, 0.5) is 15.8 Å². The molecule has 1 aromatic carbocycles. The van der Waals surface area contributed by atoms with Gasteiger partial charge >= 0.3 is 0 Å². The molecule has 0 saturated carbocycles. The number of nitrogen functional groups attached to an aromatic ring is 1. The lowest BCUT2D eigenvalue weighted by molar-refractivity contribution is 0.416.